The second-order valence-corrected chi connectivity index (χ2v) is 6.62. The maximum absolute atomic E-state index is 6.40. The summed E-state index contributed by atoms with van der Waals surface area (Å²) >= 11 is 0. The molecule has 4 aromatic rings. The Morgan fingerprint density at radius 3 is 2.11 bits per heavy atom. The summed E-state index contributed by atoms with van der Waals surface area (Å²) in [5, 5.41) is 2.19. The second kappa shape index (κ2) is 6.69. The normalized spacial score (nSPS) is 18.9. The first-order chi connectivity index (χ1) is 13.4. The van der Waals surface area contributed by atoms with Gasteiger partial charge in [-0.2, -0.15) is 0 Å². The van der Waals surface area contributed by atoms with Gasteiger partial charge in [0.05, 0.1) is 0 Å². The lowest BCUT2D eigenvalue weighted by molar-refractivity contribution is 0.197. The predicted molar refractivity (Wildman–Crippen MR) is 108 cm³/mol. The molecular weight excluding hydrogens is 332 g/mol. The first-order valence-electron chi connectivity index (χ1n) is 9.08. The molecule has 0 N–H and O–H groups in total. The Balaban J connectivity index is 1.63. The van der Waals surface area contributed by atoms with E-state index >= 15 is 0 Å². The van der Waals surface area contributed by atoms with E-state index in [0.717, 1.165) is 27.6 Å². The molecular formula is C24H18N2O. The van der Waals surface area contributed by atoms with Crippen molar-refractivity contribution in [2.45, 2.75) is 12.1 Å². The van der Waals surface area contributed by atoms with Gasteiger partial charge in [-0.3, -0.25) is 4.98 Å². The van der Waals surface area contributed by atoms with Crippen molar-refractivity contribution in [3.05, 3.63) is 114 Å². The average Bonchev–Trinajstić information content (AvgIpc) is 3.20. The highest BCUT2D eigenvalue weighted by Crippen LogP contribution is 2.41. The molecule has 1 aliphatic heterocycles. The predicted octanol–water partition coefficient (Wildman–Crippen LogP) is 5.49. The second-order valence-electron chi connectivity index (χ2n) is 6.62. The van der Waals surface area contributed by atoms with Gasteiger partial charge in [0.15, 0.2) is 6.10 Å². The number of aromatic nitrogens is 1. The number of benzene rings is 3. The number of nitrogens with zero attached hydrogens (tertiary/aromatic N) is 2. The largest absolute Gasteiger partial charge is 0.465 e. The number of rotatable bonds is 3. The summed E-state index contributed by atoms with van der Waals surface area (Å²) in [5.74, 6) is 0.606. The van der Waals surface area contributed by atoms with Crippen LogP contribution in [0.3, 0.4) is 0 Å². The van der Waals surface area contributed by atoms with Gasteiger partial charge in [-0.15, -0.1) is 0 Å². The first kappa shape index (κ1) is 15.8. The van der Waals surface area contributed by atoms with Crippen LogP contribution in [0.4, 0.5) is 0 Å². The summed E-state index contributed by atoms with van der Waals surface area (Å²) in [6, 6.07) is 30.7. The minimum absolute atomic E-state index is 0.0932. The molecule has 0 spiro atoms. The van der Waals surface area contributed by atoms with Crippen LogP contribution in [0, 0.1) is 0 Å². The quantitative estimate of drug-likeness (QED) is 0.489. The zero-order chi connectivity index (χ0) is 18.1. The highest BCUT2D eigenvalue weighted by atomic mass is 16.5. The third-order valence-electron chi connectivity index (χ3n) is 4.93. The lowest BCUT2D eigenvalue weighted by Gasteiger charge is -2.18. The molecule has 0 radical (unpaired) electrons. The Morgan fingerprint density at radius 2 is 1.33 bits per heavy atom. The van der Waals surface area contributed by atoms with Gasteiger partial charge in [0.1, 0.15) is 11.7 Å². The van der Waals surface area contributed by atoms with Gasteiger partial charge in [-0.05, 0) is 22.6 Å². The number of aliphatic imine (C=N–C) groups is 1. The third-order valence-corrected chi connectivity index (χ3v) is 4.93. The molecule has 27 heavy (non-hydrogen) atoms. The van der Waals surface area contributed by atoms with Crippen molar-refractivity contribution in [1.29, 1.82) is 0 Å². The van der Waals surface area contributed by atoms with E-state index in [0.29, 0.717) is 5.90 Å². The molecule has 1 aliphatic rings. The van der Waals surface area contributed by atoms with Gasteiger partial charge < -0.3 is 4.74 Å². The van der Waals surface area contributed by atoms with E-state index < -0.39 is 0 Å². The molecule has 0 unspecified atom stereocenters. The van der Waals surface area contributed by atoms with Gasteiger partial charge in [0.2, 0.25) is 5.90 Å². The summed E-state index contributed by atoms with van der Waals surface area (Å²) in [6.45, 7) is 0. The standard InChI is InChI=1S/C24H18N2O/c1-3-10-18(11-4-1)21-23(19-12-5-2-6-13-19)27-24(26-21)22-20-14-8-7-9-17(20)15-16-25-22/h1-16,21,23H/t21-,23+/m1/s1. The monoisotopic (exact) mass is 350 g/mol. The Bertz CT molecular complexity index is 1100. The molecule has 3 nitrogen and oxygen atoms in total. The maximum Gasteiger partial charge on any atom is 0.237 e. The van der Waals surface area contributed by atoms with Crippen molar-refractivity contribution >= 4 is 16.7 Å². The number of ether oxygens (including phenoxy) is 1. The molecule has 3 aromatic carbocycles. The highest BCUT2D eigenvalue weighted by Gasteiger charge is 2.34. The maximum atomic E-state index is 6.40. The lowest BCUT2D eigenvalue weighted by Crippen LogP contribution is -2.10. The fourth-order valence-electron chi connectivity index (χ4n) is 3.61. The van der Waals surface area contributed by atoms with Gasteiger partial charge in [0.25, 0.3) is 0 Å². The minimum Gasteiger partial charge on any atom is -0.465 e. The Morgan fingerprint density at radius 1 is 0.667 bits per heavy atom. The summed E-state index contributed by atoms with van der Waals surface area (Å²) in [5.41, 5.74) is 3.05. The van der Waals surface area contributed by atoms with E-state index in [1.807, 2.05) is 60.8 Å². The smallest absolute Gasteiger partial charge is 0.237 e. The molecule has 5 rings (SSSR count). The zero-order valence-electron chi connectivity index (χ0n) is 14.7. The first-order valence-corrected chi connectivity index (χ1v) is 9.08. The van der Waals surface area contributed by atoms with Crippen molar-refractivity contribution in [2.24, 2.45) is 4.99 Å². The van der Waals surface area contributed by atoms with Crippen molar-refractivity contribution < 1.29 is 4.74 Å². The van der Waals surface area contributed by atoms with Crippen LogP contribution in [-0.4, -0.2) is 10.9 Å². The zero-order valence-corrected chi connectivity index (χ0v) is 14.7. The fourth-order valence-corrected chi connectivity index (χ4v) is 3.61. The number of pyridine rings is 1. The van der Waals surface area contributed by atoms with Gasteiger partial charge in [-0.1, -0.05) is 84.9 Å². The van der Waals surface area contributed by atoms with Gasteiger partial charge >= 0.3 is 0 Å². The van der Waals surface area contributed by atoms with Crippen LogP contribution in [-0.2, 0) is 4.74 Å². The average molecular weight is 350 g/mol. The van der Waals surface area contributed by atoms with Gasteiger partial charge in [0, 0.05) is 11.6 Å². The molecule has 1 aromatic heterocycles. The lowest BCUT2D eigenvalue weighted by atomic mass is 9.97. The number of fused-ring (bicyclic) bond motifs is 1. The molecule has 0 amide bonds. The molecule has 2 heterocycles. The van der Waals surface area contributed by atoms with Crippen molar-refractivity contribution in [3.8, 4) is 0 Å². The molecule has 3 heteroatoms. The fraction of sp³-hybridized carbons (Fsp3) is 0.0833. The van der Waals surface area contributed by atoms with Gasteiger partial charge in [-0.25, -0.2) is 4.99 Å². The summed E-state index contributed by atoms with van der Waals surface area (Å²) < 4.78 is 6.40. The molecule has 130 valence electrons. The molecule has 0 saturated heterocycles. The summed E-state index contributed by atoms with van der Waals surface area (Å²) in [7, 11) is 0. The molecule has 0 bridgehead atoms. The number of hydrogen-bond donors (Lipinski definition) is 0. The number of hydrogen-bond acceptors (Lipinski definition) is 3. The van der Waals surface area contributed by atoms with Crippen LogP contribution in [0.1, 0.15) is 29.0 Å². The van der Waals surface area contributed by atoms with Crippen LogP contribution in [0.2, 0.25) is 0 Å². The molecule has 0 aliphatic carbocycles. The van der Waals surface area contributed by atoms with Crippen LogP contribution in [0.15, 0.2) is 102 Å². The summed E-state index contributed by atoms with van der Waals surface area (Å²) in [6.07, 6.45) is 1.65. The van der Waals surface area contributed by atoms with Crippen LogP contribution in [0.25, 0.3) is 10.8 Å². The van der Waals surface area contributed by atoms with Crippen molar-refractivity contribution in [1.82, 2.24) is 4.98 Å². The molecule has 0 saturated carbocycles. The molecule has 0 fully saturated rings. The van der Waals surface area contributed by atoms with Crippen molar-refractivity contribution in [3.63, 3.8) is 0 Å². The van der Waals surface area contributed by atoms with Crippen LogP contribution >= 0.6 is 0 Å². The highest BCUT2D eigenvalue weighted by molar-refractivity contribution is 6.05. The van der Waals surface area contributed by atoms with E-state index in [-0.39, 0.29) is 12.1 Å². The van der Waals surface area contributed by atoms with Crippen LogP contribution in [0.5, 0.6) is 0 Å². The minimum atomic E-state index is -0.163. The van der Waals surface area contributed by atoms with Crippen LogP contribution < -0.4 is 0 Å². The van der Waals surface area contributed by atoms with E-state index in [1.54, 1.807) is 0 Å². The SMILES string of the molecule is c1ccc([C@H]2N=C(c3nccc4ccccc34)O[C@H]2c2ccccc2)cc1. The third kappa shape index (κ3) is 2.87. The van der Waals surface area contributed by atoms with Crippen molar-refractivity contribution in [2.75, 3.05) is 0 Å². The Hall–Kier alpha value is -3.46. The Labute approximate surface area is 158 Å². The molecule has 2 atom stereocenters. The van der Waals surface area contributed by atoms with E-state index in [1.165, 1.54) is 0 Å². The Kier molecular flexibility index (Phi) is 3.91. The summed E-state index contributed by atoms with van der Waals surface area (Å²) in [4.78, 5) is 9.56. The topological polar surface area (TPSA) is 34.5 Å². The van der Waals surface area contributed by atoms with E-state index in [2.05, 4.69) is 41.4 Å². The van der Waals surface area contributed by atoms with E-state index in [4.69, 9.17) is 9.73 Å². The van der Waals surface area contributed by atoms with E-state index in [9.17, 15) is 0 Å².